The summed E-state index contributed by atoms with van der Waals surface area (Å²) in [5, 5.41) is 0. The van der Waals surface area contributed by atoms with Crippen LogP contribution in [0, 0.1) is 0 Å². The fraction of sp³-hybridized carbons (Fsp3) is 0.467. The number of aromatic nitrogens is 2. The molecule has 1 aromatic heterocycles. The molecule has 0 amide bonds. The predicted molar refractivity (Wildman–Crippen MR) is 78.3 cm³/mol. The summed E-state index contributed by atoms with van der Waals surface area (Å²) in [5.41, 5.74) is 7.33. The molecule has 1 aromatic carbocycles. The van der Waals surface area contributed by atoms with E-state index in [-0.39, 0.29) is 6.04 Å². The third kappa shape index (κ3) is 2.99. The van der Waals surface area contributed by atoms with Crippen molar-refractivity contribution < 1.29 is 9.53 Å². The first kappa shape index (κ1) is 14.5. The molecule has 0 aliphatic rings. The minimum Gasteiger partial charge on any atom is -0.459 e. The maximum atomic E-state index is 12.1. The molecular weight excluding hydrogens is 254 g/mol. The number of rotatable bonds is 3. The van der Waals surface area contributed by atoms with E-state index in [0.29, 0.717) is 0 Å². The minimum absolute atomic E-state index is 0.225. The Hall–Kier alpha value is -1.88. The van der Waals surface area contributed by atoms with Gasteiger partial charge in [0.05, 0.1) is 23.4 Å². The Morgan fingerprint density at radius 1 is 1.35 bits per heavy atom. The number of imidazole rings is 1. The first-order valence-electron chi connectivity index (χ1n) is 6.69. The highest BCUT2D eigenvalue weighted by atomic mass is 16.6. The van der Waals surface area contributed by atoms with Crippen LogP contribution in [0.1, 0.15) is 33.7 Å². The van der Waals surface area contributed by atoms with Crippen LogP contribution in [0.15, 0.2) is 30.6 Å². The van der Waals surface area contributed by atoms with Gasteiger partial charge in [-0.1, -0.05) is 12.1 Å². The molecule has 0 aliphatic carbocycles. The van der Waals surface area contributed by atoms with Crippen LogP contribution in [0.4, 0.5) is 0 Å². The van der Waals surface area contributed by atoms with Crippen molar-refractivity contribution >= 4 is 17.0 Å². The molecule has 0 bridgehead atoms. The fourth-order valence-electron chi connectivity index (χ4n) is 2.04. The number of carbonyl (C=O) groups excluding carboxylic acids is 1. The van der Waals surface area contributed by atoms with Gasteiger partial charge in [0.25, 0.3) is 0 Å². The fourth-order valence-corrected chi connectivity index (χ4v) is 2.04. The van der Waals surface area contributed by atoms with Gasteiger partial charge in [0.1, 0.15) is 11.6 Å². The lowest BCUT2D eigenvalue weighted by molar-refractivity contribution is -0.157. The van der Waals surface area contributed by atoms with Gasteiger partial charge in [-0.3, -0.25) is 4.79 Å². The number of nitrogens with two attached hydrogens (primary N) is 1. The molecule has 2 aromatic rings. The minimum atomic E-state index is -0.730. The highest BCUT2D eigenvalue weighted by Crippen LogP contribution is 2.20. The zero-order valence-electron chi connectivity index (χ0n) is 12.3. The average Bonchev–Trinajstić information content (AvgIpc) is 2.78. The molecule has 108 valence electrons. The van der Waals surface area contributed by atoms with Crippen molar-refractivity contribution in [3.05, 3.63) is 30.6 Å². The zero-order chi connectivity index (χ0) is 14.9. The van der Waals surface area contributed by atoms with E-state index in [2.05, 4.69) is 4.98 Å². The Morgan fingerprint density at radius 3 is 2.65 bits per heavy atom. The van der Waals surface area contributed by atoms with Crippen molar-refractivity contribution in [3.63, 3.8) is 0 Å². The third-order valence-electron chi connectivity index (χ3n) is 3.12. The molecule has 0 aliphatic heterocycles. The molecule has 1 heterocycles. The maximum Gasteiger partial charge on any atom is 0.325 e. The summed E-state index contributed by atoms with van der Waals surface area (Å²) in [4.78, 5) is 16.4. The van der Waals surface area contributed by atoms with E-state index in [1.165, 1.54) is 0 Å². The van der Waals surface area contributed by atoms with Crippen LogP contribution in [0.2, 0.25) is 0 Å². The van der Waals surface area contributed by atoms with Crippen molar-refractivity contribution in [1.29, 1.82) is 0 Å². The van der Waals surface area contributed by atoms with Gasteiger partial charge in [-0.05, 0) is 39.8 Å². The first-order chi connectivity index (χ1) is 9.29. The molecule has 0 fully saturated rings. The van der Waals surface area contributed by atoms with Crippen LogP contribution in [-0.2, 0) is 9.53 Å². The summed E-state index contributed by atoms with van der Waals surface area (Å²) in [6.45, 7) is 7.38. The van der Waals surface area contributed by atoms with Gasteiger partial charge < -0.3 is 15.0 Å². The molecule has 2 rings (SSSR count). The Balaban J connectivity index is 2.22. The predicted octanol–water partition coefficient (Wildman–Crippen LogP) is 2.27. The molecule has 0 spiro atoms. The van der Waals surface area contributed by atoms with Gasteiger partial charge in [-0.25, -0.2) is 4.98 Å². The Morgan fingerprint density at radius 2 is 2.00 bits per heavy atom. The van der Waals surface area contributed by atoms with Crippen molar-refractivity contribution in [3.8, 4) is 0 Å². The monoisotopic (exact) mass is 275 g/mol. The second kappa shape index (κ2) is 5.25. The molecule has 0 saturated carbocycles. The molecule has 2 N–H and O–H groups in total. The van der Waals surface area contributed by atoms with Gasteiger partial charge in [0.2, 0.25) is 0 Å². The Labute approximate surface area is 118 Å². The molecule has 0 saturated heterocycles. The van der Waals surface area contributed by atoms with Gasteiger partial charge in [-0.2, -0.15) is 0 Å². The number of hydrogen-bond acceptors (Lipinski definition) is 4. The van der Waals surface area contributed by atoms with E-state index in [0.717, 1.165) is 11.0 Å². The second-order valence-electron chi connectivity index (χ2n) is 5.94. The molecule has 5 nitrogen and oxygen atoms in total. The van der Waals surface area contributed by atoms with Crippen LogP contribution in [-0.4, -0.2) is 27.2 Å². The van der Waals surface area contributed by atoms with Gasteiger partial charge in [0.15, 0.2) is 0 Å². The average molecular weight is 275 g/mol. The van der Waals surface area contributed by atoms with Crippen molar-refractivity contribution in [2.75, 3.05) is 0 Å². The van der Waals surface area contributed by atoms with Crippen molar-refractivity contribution in [2.45, 2.75) is 45.4 Å². The number of ether oxygens (including phenoxy) is 1. The third-order valence-corrected chi connectivity index (χ3v) is 3.12. The van der Waals surface area contributed by atoms with Crippen LogP contribution in [0.25, 0.3) is 11.0 Å². The van der Waals surface area contributed by atoms with Gasteiger partial charge >= 0.3 is 5.97 Å². The van der Waals surface area contributed by atoms with E-state index in [9.17, 15) is 4.79 Å². The standard InChI is InChI=1S/C15H21N3O2/c1-10(13(16)14(19)20-15(2,3)4)18-9-17-11-7-5-6-8-12(11)18/h5-10,13H,16H2,1-4H3. The SMILES string of the molecule is CC(C(N)C(=O)OC(C)(C)C)n1cnc2ccccc21. The Kier molecular flexibility index (Phi) is 3.81. The number of para-hydroxylation sites is 2. The smallest absolute Gasteiger partial charge is 0.325 e. The normalized spacial score (nSPS) is 15.1. The summed E-state index contributed by atoms with van der Waals surface area (Å²) < 4.78 is 7.24. The number of benzene rings is 1. The van der Waals surface area contributed by atoms with E-state index in [4.69, 9.17) is 10.5 Å². The van der Waals surface area contributed by atoms with Crippen molar-refractivity contribution in [2.24, 2.45) is 5.73 Å². The van der Waals surface area contributed by atoms with Crippen LogP contribution in [0.5, 0.6) is 0 Å². The van der Waals surface area contributed by atoms with Gasteiger partial charge in [-0.15, -0.1) is 0 Å². The van der Waals surface area contributed by atoms with Crippen LogP contribution >= 0.6 is 0 Å². The lowest BCUT2D eigenvalue weighted by Gasteiger charge is -2.25. The number of nitrogens with zero attached hydrogens (tertiary/aromatic N) is 2. The van der Waals surface area contributed by atoms with E-state index >= 15 is 0 Å². The topological polar surface area (TPSA) is 70.1 Å². The molecule has 2 unspecified atom stereocenters. The highest BCUT2D eigenvalue weighted by Gasteiger charge is 2.28. The van der Waals surface area contributed by atoms with E-state index in [1.807, 2.05) is 56.5 Å². The Bertz CT molecular complexity index is 613. The first-order valence-corrected chi connectivity index (χ1v) is 6.69. The van der Waals surface area contributed by atoms with Crippen molar-refractivity contribution in [1.82, 2.24) is 9.55 Å². The van der Waals surface area contributed by atoms with Crippen LogP contribution in [0.3, 0.4) is 0 Å². The summed E-state index contributed by atoms with van der Waals surface area (Å²) in [7, 11) is 0. The number of hydrogen-bond donors (Lipinski definition) is 1. The number of fused-ring (bicyclic) bond motifs is 1. The molecule has 20 heavy (non-hydrogen) atoms. The molecule has 0 radical (unpaired) electrons. The number of esters is 1. The number of carbonyl (C=O) groups is 1. The van der Waals surface area contributed by atoms with Gasteiger partial charge in [0, 0.05) is 0 Å². The summed E-state index contributed by atoms with van der Waals surface area (Å²) in [6.07, 6.45) is 1.71. The highest BCUT2D eigenvalue weighted by molar-refractivity contribution is 5.78. The molecule has 5 heteroatoms. The lowest BCUT2D eigenvalue weighted by Crippen LogP contribution is -2.42. The second-order valence-corrected chi connectivity index (χ2v) is 5.94. The molecule has 2 atom stereocenters. The van der Waals surface area contributed by atoms with Crippen LogP contribution < -0.4 is 5.73 Å². The largest absolute Gasteiger partial charge is 0.459 e. The summed E-state index contributed by atoms with van der Waals surface area (Å²) in [6, 6.07) is 6.80. The maximum absolute atomic E-state index is 12.1. The van der Waals surface area contributed by atoms with E-state index in [1.54, 1.807) is 6.33 Å². The quantitative estimate of drug-likeness (QED) is 0.872. The molecular formula is C15H21N3O2. The summed E-state index contributed by atoms with van der Waals surface area (Å²) in [5.74, 6) is -0.400. The van der Waals surface area contributed by atoms with E-state index < -0.39 is 17.6 Å². The lowest BCUT2D eigenvalue weighted by atomic mass is 10.1. The zero-order valence-corrected chi connectivity index (χ0v) is 12.3. The summed E-state index contributed by atoms with van der Waals surface area (Å²) >= 11 is 0.